The molecule has 0 saturated carbocycles. The number of halogens is 3. The van der Waals surface area contributed by atoms with Crippen LogP contribution in [0.5, 0.6) is 11.6 Å². The maximum atomic E-state index is 12.9. The van der Waals surface area contributed by atoms with Gasteiger partial charge in [-0.25, -0.2) is 14.8 Å². The second-order valence-corrected chi connectivity index (χ2v) is 7.53. The van der Waals surface area contributed by atoms with Crippen molar-refractivity contribution in [3.8, 4) is 11.6 Å². The third kappa shape index (κ3) is 6.14. The van der Waals surface area contributed by atoms with Crippen molar-refractivity contribution >= 4 is 22.6 Å². The largest absolute Gasteiger partial charge is 0.439 e. The molecule has 0 bridgehead atoms. The molecule has 182 valence electrons. The lowest BCUT2D eigenvalue weighted by Crippen LogP contribution is -2.19. The standard InChI is InChI=1S/C24H22F3N5O3/c1-34-10-8-28-14-19-13-22(30-15-29-19)35-20-5-6-21-16(11-20)7-9-32(21)23(33)31-18-4-2-3-17(12-18)24(25,26)27/h2-7,9,11-13,15,28H,8,10,14H2,1H3,(H,31,33). The van der Waals surface area contributed by atoms with E-state index in [-0.39, 0.29) is 5.69 Å². The highest BCUT2D eigenvalue weighted by atomic mass is 19.4. The van der Waals surface area contributed by atoms with Crippen LogP contribution in [0.1, 0.15) is 11.3 Å². The minimum atomic E-state index is -4.50. The summed E-state index contributed by atoms with van der Waals surface area (Å²) in [6.07, 6.45) is -1.55. The summed E-state index contributed by atoms with van der Waals surface area (Å²) in [5.74, 6) is 0.871. The Balaban J connectivity index is 1.45. The zero-order valence-electron chi connectivity index (χ0n) is 18.7. The number of hydrogen-bond acceptors (Lipinski definition) is 6. The van der Waals surface area contributed by atoms with Gasteiger partial charge in [-0.3, -0.25) is 4.57 Å². The number of alkyl halides is 3. The quantitative estimate of drug-likeness (QED) is 0.339. The van der Waals surface area contributed by atoms with Gasteiger partial charge in [-0.1, -0.05) is 6.07 Å². The molecule has 35 heavy (non-hydrogen) atoms. The number of nitrogens with one attached hydrogen (secondary N) is 2. The minimum absolute atomic E-state index is 0.0444. The molecule has 0 radical (unpaired) electrons. The Labute approximate surface area is 198 Å². The number of carbonyl (C=O) groups is 1. The van der Waals surface area contributed by atoms with Crippen LogP contribution in [0.15, 0.2) is 67.1 Å². The summed E-state index contributed by atoms with van der Waals surface area (Å²) < 4.78 is 51.0. The first-order valence-corrected chi connectivity index (χ1v) is 10.6. The molecule has 1 amide bonds. The van der Waals surface area contributed by atoms with Crippen LogP contribution >= 0.6 is 0 Å². The van der Waals surface area contributed by atoms with Crippen LogP contribution < -0.4 is 15.4 Å². The lowest BCUT2D eigenvalue weighted by Gasteiger charge is -2.11. The van der Waals surface area contributed by atoms with E-state index in [1.165, 1.54) is 29.2 Å². The van der Waals surface area contributed by atoms with E-state index in [1.54, 1.807) is 37.4 Å². The van der Waals surface area contributed by atoms with Gasteiger partial charge in [0.05, 0.1) is 23.4 Å². The number of amides is 1. The van der Waals surface area contributed by atoms with Crippen molar-refractivity contribution in [2.24, 2.45) is 0 Å². The van der Waals surface area contributed by atoms with Gasteiger partial charge in [0, 0.05) is 43.5 Å². The molecule has 0 unspecified atom stereocenters. The third-order valence-electron chi connectivity index (χ3n) is 5.03. The minimum Gasteiger partial charge on any atom is -0.439 e. The molecule has 0 aliphatic rings. The molecule has 2 heterocycles. The predicted octanol–water partition coefficient (Wildman–Crippen LogP) is 5.06. The number of benzene rings is 2. The van der Waals surface area contributed by atoms with E-state index in [2.05, 4.69) is 20.6 Å². The molecule has 0 saturated heterocycles. The average molecular weight is 485 g/mol. The monoisotopic (exact) mass is 485 g/mol. The molecule has 11 heteroatoms. The van der Waals surface area contributed by atoms with Crippen molar-refractivity contribution in [2.45, 2.75) is 12.7 Å². The summed E-state index contributed by atoms with van der Waals surface area (Å²) in [5, 5.41) is 6.39. The van der Waals surface area contributed by atoms with Crippen molar-refractivity contribution in [2.75, 3.05) is 25.6 Å². The van der Waals surface area contributed by atoms with Crippen LogP contribution in [-0.4, -0.2) is 40.8 Å². The van der Waals surface area contributed by atoms with Gasteiger partial charge in [-0.05, 0) is 42.5 Å². The molecule has 0 spiro atoms. The summed E-state index contributed by atoms with van der Waals surface area (Å²) in [4.78, 5) is 21.0. The zero-order valence-corrected chi connectivity index (χ0v) is 18.7. The SMILES string of the molecule is COCCNCc1cc(Oc2ccc3c(ccn3C(=O)Nc3cccc(C(F)(F)F)c3)c2)ncn1. The van der Waals surface area contributed by atoms with E-state index in [9.17, 15) is 18.0 Å². The molecule has 2 N–H and O–H groups in total. The van der Waals surface area contributed by atoms with Crippen LogP contribution in [0.4, 0.5) is 23.7 Å². The predicted molar refractivity (Wildman–Crippen MR) is 123 cm³/mol. The summed E-state index contributed by atoms with van der Waals surface area (Å²) in [6, 6.07) is 12.4. The molecular formula is C24H22F3N5O3. The summed E-state index contributed by atoms with van der Waals surface area (Å²) in [6.45, 7) is 1.81. The average Bonchev–Trinajstić information content (AvgIpc) is 3.25. The number of fused-ring (bicyclic) bond motifs is 1. The number of hydrogen-bond donors (Lipinski definition) is 2. The first kappa shape index (κ1) is 24.2. The number of ether oxygens (including phenoxy) is 2. The highest BCUT2D eigenvalue weighted by molar-refractivity contribution is 5.98. The number of methoxy groups -OCH3 is 1. The first-order chi connectivity index (χ1) is 16.8. The number of nitrogens with zero attached hydrogens (tertiary/aromatic N) is 3. The normalized spacial score (nSPS) is 11.5. The Bertz CT molecular complexity index is 1320. The second-order valence-electron chi connectivity index (χ2n) is 7.53. The van der Waals surface area contributed by atoms with Crippen molar-refractivity contribution in [3.63, 3.8) is 0 Å². The lowest BCUT2D eigenvalue weighted by atomic mass is 10.2. The van der Waals surface area contributed by atoms with Gasteiger partial charge in [0.2, 0.25) is 5.88 Å². The van der Waals surface area contributed by atoms with E-state index in [0.717, 1.165) is 17.8 Å². The summed E-state index contributed by atoms with van der Waals surface area (Å²) in [5.41, 5.74) is 0.521. The van der Waals surface area contributed by atoms with Gasteiger partial charge in [0.15, 0.2) is 0 Å². The van der Waals surface area contributed by atoms with Crippen LogP contribution in [0.3, 0.4) is 0 Å². The highest BCUT2D eigenvalue weighted by Crippen LogP contribution is 2.31. The van der Waals surface area contributed by atoms with Crippen molar-refractivity contribution in [3.05, 3.63) is 78.4 Å². The van der Waals surface area contributed by atoms with Gasteiger partial charge >= 0.3 is 12.2 Å². The molecular weight excluding hydrogens is 463 g/mol. The molecule has 4 aromatic rings. The fourth-order valence-corrected chi connectivity index (χ4v) is 3.36. The topological polar surface area (TPSA) is 90.3 Å². The molecule has 0 atom stereocenters. The van der Waals surface area contributed by atoms with Crippen molar-refractivity contribution in [1.29, 1.82) is 0 Å². The van der Waals surface area contributed by atoms with Crippen LogP contribution in [0, 0.1) is 0 Å². The van der Waals surface area contributed by atoms with Crippen LogP contribution in [0.25, 0.3) is 10.9 Å². The number of aromatic nitrogens is 3. The van der Waals surface area contributed by atoms with Gasteiger partial charge in [0.1, 0.15) is 12.1 Å². The maximum Gasteiger partial charge on any atom is 0.416 e. The van der Waals surface area contributed by atoms with Crippen LogP contribution in [0.2, 0.25) is 0 Å². The third-order valence-corrected chi connectivity index (χ3v) is 5.03. The maximum absolute atomic E-state index is 12.9. The number of rotatable bonds is 8. The molecule has 0 fully saturated rings. The molecule has 0 aliphatic carbocycles. The van der Waals surface area contributed by atoms with Gasteiger partial charge in [-0.15, -0.1) is 0 Å². The Hall–Kier alpha value is -3.96. The Morgan fingerprint density at radius 2 is 1.94 bits per heavy atom. The van der Waals surface area contributed by atoms with Gasteiger partial charge in [0.25, 0.3) is 0 Å². The van der Waals surface area contributed by atoms with Gasteiger partial charge in [-0.2, -0.15) is 13.2 Å². The molecule has 0 aliphatic heterocycles. The fourth-order valence-electron chi connectivity index (χ4n) is 3.36. The zero-order chi connectivity index (χ0) is 24.8. The van der Waals surface area contributed by atoms with E-state index >= 15 is 0 Å². The highest BCUT2D eigenvalue weighted by Gasteiger charge is 2.30. The second kappa shape index (κ2) is 10.5. The van der Waals surface area contributed by atoms with E-state index < -0.39 is 17.8 Å². The van der Waals surface area contributed by atoms with Crippen molar-refractivity contribution < 1.29 is 27.4 Å². The number of anilines is 1. The molecule has 2 aromatic heterocycles. The summed E-state index contributed by atoms with van der Waals surface area (Å²) in [7, 11) is 1.63. The smallest absolute Gasteiger partial charge is 0.416 e. The first-order valence-electron chi connectivity index (χ1n) is 10.6. The fraction of sp³-hybridized carbons (Fsp3) is 0.208. The van der Waals surface area contributed by atoms with E-state index in [1.807, 2.05) is 0 Å². The Kier molecular flexibility index (Phi) is 7.28. The molecule has 4 rings (SSSR count). The lowest BCUT2D eigenvalue weighted by molar-refractivity contribution is -0.137. The Morgan fingerprint density at radius 3 is 2.74 bits per heavy atom. The van der Waals surface area contributed by atoms with Gasteiger partial charge < -0.3 is 20.1 Å². The summed E-state index contributed by atoms with van der Waals surface area (Å²) >= 11 is 0. The Morgan fingerprint density at radius 1 is 1.09 bits per heavy atom. The van der Waals surface area contributed by atoms with Crippen LogP contribution in [-0.2, 0) is 17.5 Å². The van der Waals surface area contributed by atoms with E-state index in [4.69, 9.17) is 9.47 Å². The molecule has 8 nitrogen and oxygen atoms in total. The van der Waals surface area contributed by atoms with E-state index in [0.29, 0.717) is 42.2 Å². The van der Waals surface area contributed by atoms with Crippen molar-refractivity contribution in [1.82, 2.24) is 19.9 Å². The molecule has 2 aromatic carbocycles. The number of carbonyl (C=O) groups excluding carboxylic acids is 1.